The van der Waals surface area contributed by atoms with Crippen LogP contribution in [0.3, 0.4) is 0 Å². The summed E-state index contributed by atoms with van der Waals surface area (Å²) in [7, 11) is -3.50. The second-order valence-corrected chi connectivity index (χ2v) is 29.9. The minimum absolute atomic E-state index is 0.0102. The first-order valence-electron chi connectivity index (χ1n) is 38.5. The number of hydrogen-bond acceptors (Lipinski definition) is 24. The van der Waals surface area contributed by atoms with Gasteiger partial charge in [-0.05, 0) is 95.1 Å². The first-order valence-corrected chi connectivity index (χ1v) is 39.9. The summed E-state index contributed by atoms with van der Waals surface area (Å²) in [4.78, 5) is 79.4. The quantitative estimate of drug-likeness (QED) is 0.0159. The summed E-state index contributed by atoms with van der Waals surface area (Å²) in [6.45, 7) is -2.43. The first-order chi connectivity index (χ1) is 56.5. The zero-order chi connectivity index (χ0) is 81.0. The van der Waals surface area contributed by atoms with E-state index in [-0.39, 0.29) is 68.8 Å². The monoisotopic (exact) mass is 1610 g/mol. The molecule has 0 unspecified atom stereocenters. The molecule has 116 heavy (non-hydrogen) atoms. The molecule has 0 spiro atoms. The number of aliphatic hydroxyl groups is 2. The van der Waals surface area contributed by atoms with Crippen molar-refractivity contribution in [3.8, 4) is 0 Å². The van der Waals surface area contributed by atoms with Crippen LogP contribution in [-0.2, 0) is 123 Å². The van der Waals surface area contributed by atoms with E-state index in [2.05, 4.69) is 21.3 Å². The molecule has 1 aliphatic carbocycles. The van der Waals surface area contributed by atoms with Crippen molar-refractivity contribution in [1.82, 2.24) is 21.3 Å². The van der Waals surface area contributed by atoms with E-state index in [1.807, 2.05) is 103 Å². The molecular formula is C87H96N4O24S. The first kappa shape index (κ1) is 85.3. The van der Waals surface area contributed by atoms with Gasteiger partial charge in [0, 0.05) is 19.2 Å². The Balaban J connectivity index is 0.791. The molecule has 4 aliphatic rings. The molecule has 4 amide bonds. The third-order valence-corrected chi connectivity index (χ3v) is 21.3. The van der Waals surface area contributed by atoms with E-state index in [0.717, 1.165) is 54.5 Å². The van der Waals surface area contributed by atoms with Crippen molar-refractivity contribution in [2.24, 2.45) is 5.92 Å². The minimum Gasteiger partial charge on any atom is -0.450 e. The number of ether oxygens (including phenoxy) is 13. The number of esters is 2. The van der Waals surface area contributed by atoms with E-state index in [1.165, 1.54) is 31.4 Å². The largest absolute Gasteiger partial charge is 0.450 e. The van der Waals surface area contributed by atoms with Gasteiger partial charge in [-0.1, -0.05) is 201 Å². The molecule has 614 valence electrons. The maximum Gasteiger partial charge on any atom is 0.338 e. The van der Waals surface area contributed by atoms with Crippen LogP contribution in [0.25, 0.3) is 0 Å². The van der Waals surface area contributed by atoms with E-state index in [9.17, 15) is 47.4 Å². The number of aliphatic hydroxyl groups excluding tert-OH is 2. The Hall–Kier alpha value is -10.0. The zero-order valence-corrected chi connectivity index (χ0v) is 64.7. The van der Waals surface area contributed by atoms with Crippen molar-refractivity contribution < 1.29 is 113 Å². The molecule has 3 aliphatic heterocycles. The van der Waals surface area contributed by atoms with Crippen LogP contribution >= 0.6 is 0 Å². The molecule has 0 aromatic heterocycles. The summed E-state index contributed by atoms with van der Waals surface area (Å²) in [6.07, 6.45) is -18.3. The van der Waals surface area contributed by atoms with Crippen LogP contribution in [0, 0.1) is 5.92 Å². The fourth-order valence-corrected chi connectivity index (χ4v) is 14.7. The lowest BCUT2D eigenvalue weighted by molar-refractivity contribution is -0.374. The molecular weight excluding hydrogens is 1520 g/mol. The molecule has 12 rings (SSSR count). The molecule has 3 saturated heterocycles. The van der Waals surface area contributed by atoms with E-state index < -0.39 is 163 Å². The van der Waals surface area contributed by atoms with Crippen molar-refractivity contribution in [3.63, 3.8) is 0 Å². The van der Waals surface area contributed by atoms with Gasteiger partial charge in [-0.3, -0.25) is 23.4 Å². The molecule has 0 radical (unpaired) electrons. The number of nitrogens with one attached hydrogen (secondary N) is 4. The normalized spacial score (nSPS) is 24.1. The Morgan fingerprint density at radius 3 is 1.25 bits per heavy atom. The Labute approximate surface area is 672 Å². The second-order valence-electron chi connectivity index (χ2n) is 28.3. The highest BCUT2D eigenvalue weighted by molar-refractivity contribution is 7.86. The zero-order valence-electron chi connectivity index (χ0n) is 63.9. The standard InChI is InChI=1S/C87H96N4O24S/c1-102-85-77(115-87-81(114-84(99)65-39-21-8-22-40-65)79(107-53-62-35-17-6-18-36-62)75(104-50-59-29-11-3-12-30-59)68(112-87)54-103-49-58-27-9-2-10-28-58)74(96)73(95)67(110-85)55-108-86-80(113-83(98)64-37-19-7-20-38-64)78(106-52-61-33-15-5-16-34-61)76(105-51-60-31-13-4-14-32-60)69(111-86)56-109-116(100,101)66-43-41-63(42-44-66)82(97)91-48-72(94)90-47-71(93)89-46-70(92)88-45-57-25-23-24-26-57/h2-22,27-44,57,67-69,73-81,85-87,95-96H,23-26,45-56H2,1H3,(H,88,92)(H,89,93)(H,90,94)(H,91,97)/t67-,68-,69-,73-,74+,75-,76-,77-,78+,79+,80-,81-,85+,86-,87+/m1/s1. The Morgan fingerprint density at radius 2 is 0.784 bits per heavy atom. The van der Waals surface area contributed by atoms with Gasteiger partial charge in [-0.25, -0.2) is 9.59 Å². The number of methoxy groups -OCH3 is 1. The van der Waals surface area contributed by atoms with Gasteiger partial charge in [0.25, 0.3) is 16.0 Å². The van der Waals surface area contributed by atoms with Crippen molar-refractivity contribution in [1.29, 1.82) is 0 Å². The average Bonchev–Trinajstić information content (AvgIpc) is 0.833. The summed E-state index contributed by atoms with van der Waals surface area (Å²) in [5.41, 5.74) is 4.03. The molecule has 6 N–H and O–H groups in total. The SMILES string of the molecule is CO[C@H]1O[C@H](CO[C@@H]2O[C@H](COS(=O)(=O)c3ccc(C(=O)NCC(=O)NCC(=O)NCC(=O)NCC4CCCC4)cc3)[C@@H](OCc3ccccc3)[C@H](OCc3ccccc3)[C@H]2OC(=O)c2ccccc2)[C@@H](O)[C@H](O)[C@H]1O[C@@H]1O[C@H](COCc2ccccc2)[C@@H](OCc2ccccc2)[C@H](OCc2ccccc2)[C@H]1OC(=O)c1ccccc1. The maximum absolute atomic E-state index is 14.5. The van der Waals surface area contributed by atoms with Gasteiger partial charge in [0.05, 0.1) is 88.5 Å². The molecule has 0 bridgehead atoms. The summed E-state index contributed by atoms with van der Waals surface area (Å²) in [5, 5.41) is 35.1. The molecule has 15 atom stereocenters. The molecule has 8 aromatic carbocycles. The molecule has 28 nitrogen and oxygen atoms in total. The average molecular weight is 1610 g/mol. The Kier molecular flexibility index (Phi) is 31.8. The minimum atomic E-state index is -4.77. The van der Waals surface area contributed by atoms with Crippen molar-refractivity contribution >= 4 is 45.7 Å². The van der Waals surface area contributed by atoms with Crippen LogP contribution in [0.5, 0.6) is 0 Å². The fraction of sp³-hybridized carbons (Fsp3) is 0.379. The summed E-state index contributed by atoms with van der Waals surface area (Å²) >= 11 is 0. The van der Waals surface area contributed by atoms with E-state index in [1.54, 1.807) is 97.1 Å². The lowest BCUT2D eigenvalue weighted by Gasteiger charge is -2.48. The lowest BCUT2D eigenvalue weighted by atomic mass is 9.96. The number of amides is 4. The fourth-order valence-electron chi connectivity index (χ4n) is 13.8. The van der Waals surface area contributed by atoms with Gasteiger partial charge in [-0.2, -0.15) is 8.42 Å². The van der Waals surface area contributed by atoms with Crippen LogP contribution in [0.4, 0.5) is 0 Å². The van der Waals surface area contributed by atoms with Gasteiger partial charge in [0.1, 0.15) is 61.0 Å². The van der Waals surface area contributed by atoms with Crippen LogP contribution in [0.1, 0.15) is 84.6 Å². The Morgan fingerprint density at radius 1 is 0.388 bits per heavy atom. The molecule has 8 aromatic rings. The Bertz CT molecular complexity index is 4490. The molecule has 3 heterocycles. The van der Waals surface area contributed by atoms with Crippen LogP contribution in [0.15, 0.2) is 241 Å². The van der Waals surface area contributed by atoms with E-state index in [0.29, 0.717) is 23.6 Å². The predicted octanol–water partition coefficient (Wildman–Crippen LogP) is 7.61. The predicted molar refractivity (Wildman–Crippen MR) is 416 cm³/mol. The van der Waals surface area contributed by atoms with Crippen molar-refractivity contribution in [3.05, 3.63) is 281 Å². The van der Waals surface area contributed by atoms with Crippen molar-refractivity contribution in [2.45, 2.75) is 156 Å². The smallest absolute Gasteiger partial charge is 0.338 e. The number of rotatable bonds is 39. The molecule has 4 fully saturated rings. The topological polar surface area (TPSA) is 354 Å². The lowest BCUT2D eigenvalue weighted by Crippen LogP contribution is -2.66. The molecule has 29 heteroatoms. The van der Waals surface area contributed by atoms with Crippen molar-refractivity contribution in [2.75, 3.05) is 53.1 Å². The highest BCUT2D eigenvalue weighted by Gasteiger charge is 2.56. The maximum atomic E-state index is 14.5. The van der Waals surface area contributed by atoms with Crippen LogP contribution < -0.4 is 21.3 Å². The van der Waals surface area contributed by atoms with Gasteiger partial charge < -0.3 is 93.1 Å². The van der Waals surface area contributed by atoms with Gasteiger partial charge in [0.15, 0.2) is 31.1 Å². The number of carbonyl (C=O) groups is 6. The third kappa shape index (κ3) is 24.5. The number of carbonyl (C=O) groups excluding carboxylic acids is 6. The number of benzene rings is 8. The highest BCUT2D eigenvalue weighted by Crippen LogP contribution is 2.38. The van der Waals surface area contributed by atoms with Crippen LogP contribution in [-0.4, -0.2) is 199 Å². The van der Waals surface area contributed by atoms with Crippen LogP contribution in [0.2, 0.25) is 0 Å². The second kappa shape index (κ2) is 43.3. The number of hydrogen-bond donors (Lipinski definition) is 6. The van der Waals surface area contributed by atoms with E-state index >= 15 is 0 Å². The molecule has 1 saturated carbocycles. The summed E-state index contributed by atoms with van der Waals surface area (Å²) in [6, 6.07) is 67.1. The van der Waals surface area contributed by atoms with Gasteiger partial charge in [-0.15, -0.1) is 0 Å². The summed E-state index contributed by atoms with van der Waals surface area (Å²) in [5.74, 6) is -3.69. The van der Waals surface area contributed by atoms with Gasteiger partial charge >= 0.3 is 11.9 Å². The summed E-state index contributed by atoms with van der Waals surface area (Å²) < 4.78 is 121. The van der Waals surface area contributed by atoms with E-state index in [4.69, 9.17) is 65.8 Å². The third-order valence-electron chi connectivity index (χ3n) is 20.0. The van der Waals surface area contributed by atoms with Gasteiger partial charge in [0.2, 0.25) is 17.7 Å². The highest BCUT2D eigenvalue weighted by atomic mass is 32.2.